The molecular formula is C17H26N4O4. The number of hydrogen-bond donors (Lipinski definition) is 1. The summed E-state index contributed by atoms with van der Waals surface area (Å²) in [6, 6.07) is 1.49. The Morgan fingerprint density at radius 3 is 2.76 bits per heavy atom. The zero-order valence-corrected chi connectivity index (χ0v) is 14.5. The van der Waals surface area contributed by atoms with Crippen molar-refractivity contribution in [2.45, 2.75) is 38.3 Å². The summed E-state index contributed by atoms with van der Waals surface area (Å²) in [4.78, 5) is 42.1. The largest absolute Gasteiger partial charge is 0.379 e. The molecule has 0 aromatic carbocycles. The molecule has 3 heterocycles. The predicted octanol–water partition coefficient (Wildman–Crippen LogP) is -0.360. The lowest BCUT2D eigenvalue weighted by Crippen LogP contribution is -2.48. The van der Waals surface area contributed by atoms with Gasteiger partial charge in [-0.15, -0.1) is 0 Å². The van der Waals surface area contributed by atoms with Gasteiger partial charge in [0.15, 0.2) is 0 Å². The monoisotopic (exact) mass is 350 g/mol. The van der Waals surface area contributed by atoms with E-state index in [2.05, 4.69) is 9.88 Å². The Balaban J connectivity index is 1.60. The van der Waals surface area contributed by atoms with Crippen LogP contribution in [0.4, 0.5) is 0 Å². The third-order valence-corrected chi connectivity index (χ3v) is 5.03. The Labute approximate surface area is 146 Å². The van der Waals surface area contributed by atoms with Crippen LogP contribution < -0.4 is 11.2 Å². The molecule has 2 fully saturated rings. The molecule has 1 aromatic heterocycles. The lowest BCUT2D eigenvalue weighted by molar-refractivity contribution is -0.135. The normalized spacial score (nSPS) is 22.1. The highest BCUT2D eigenvalue weighted by Crippen LogP contribution is 2.20. The number of amides is 1. The molecule has 8 nitrogen and oxygen atoms in total. The van der Waals surface area contributed by atoms with E-state index in [1.807, 2.05) is 4.90 Å². The fraction of sp³-hybridized carbons (Fsp3) is 0.706. The first-order chi connectivity index (χ1) is 12.1. The summed E-state index contributed by atoms with van der Waals surface area (Å²) in [5, 5.41) is 0. The van der Waals surface area contributed by atoms with Crippen molar-refractivity contribution in [1.29, 1.82) is 0 Å². The maximum absolute atomic E-state index is 12.7. The van der Waals surface area contributed by atoms with Crippen LogP contribution in [0.3, 0.4) is 0 Å². The van der Waals surface area contributed by atoms with E-state index < -0.39 is 11.2 Å². The Hall–Kier alpha value is -1.93. The number of aromatic amines is 1. The van der Waals surface area contributed by atoms with Gasteiger partial charge in [-0.3, -0.25) is 24.0 Å². The number of carbonyl (C=O) groups is 1. The summed E-state index contributed by atoms with van der Waals surface area (Å²) >= 11 is 0. The van der Waals surface area contributed by atoms with E-state index in [0.29, 0.717) is 0 Å². The quantitative estimate of drug-likeness (QED) is 0.784. The summed E-state index contributed by atoms with van der Waals surface area (Å²) in [6.45, 7) is 5.15. The Morgan fingerprint density at radius 2 is 2.00 bits per heavy atom. The maximum Gasteiger partial charge on any atom is 0.328 e. The minimum absolute atomic E-state index is 0.0241. The summed E-state index contributed by atoms with van der Waals surface area (Å²) in [6.07, 6.45) is 5.48. The van der Waals surface area contributed by atoms with Crippen molar-refractivity contribution < 1.29 is 9.53 Å². The Bertz CT molecular complexity index is 692. The van der Waals surface area contributed by atoms with Gasteiger partial charge in [0.25, 0.3) is 5.56 Å². The van der Waals surface area contributed by atoms with Crippen LogP contribution in [0.1, 0.15) is 25.7 Å². The zero-order valence-electron chi connectivity index (χ0n) is 14.5. The van der Waals surface area contributed by atoms with E-state index in [0.717, 1.165) is 65.1 Å². The molecule has 1 atom stereocenters. The highest BCUT2D eigenvalue weighted by atomic mass is 16.5. The van der Waals surface area contributed by atoms with Crippen molar-refractivity contribution in [3.63, 3.8) is 0 Å². The summed E-state index contributed by atoms with van der Waals surface area (Å²) in [5.41, 5.74) is -0.988. The molecule has 1 N–H and O–H groups in total. The third kappa shape index (κ3) is 4.79. The lowest BCUT2D eigenvalue weighted by Gasteiger charge is -2.37. The van der Waals surface area contributed by atoms with Gasteiger partial charge in [-0.05, 0) is 25.7 Å². The summed E-state index contributed by atoms with van der Waals surface area (Å²) < 4.78 is 6.63. The van der Waals surface area contributed by atoms with Crippen molar-refractivity contribution in [1.82, 2.24) is 19.4 Å². The topological polar surface area (TPSA) is 87.6 Å². The average Bonchev–Trinajstić information content (AvgIpc) is 2.63. The van der Waals surface area contributed by atoms with Crippen LogP contribution in [-0.4, -0.2) is 70.7 Å². The van der Waals surface area contributed by atoms with Gasteiger partial charge in [0.2, 0.25) is 5.91 Å². The smallest absolute Gasteiger partial charge is 0.328 e. The van der Waals surface area contributed by atoms with Gasteiger partial charge < -0.3 is 9.64 Å². The minimum Gasteiger partial charge on any atom is -0.379 e. The number of likely N-dealkylation sites (tertiary alicyclic amines) is 1. The van der Waals surface area contributed by atoms with Gasteiger partial charge in [0.05, 0.1) is 13.2 Å². The van der Waals surface area contributed by atoms with Crippen LogP contribution in [0, 0.1) is 0 Å². The molecule has 138 valence electrons. The van der Waals surface area contributed by atoms with E-state index in [-0.39, 0.29) is 18.5 Å². The molecular weight excluding hydrogens is 324 g/mol. The van der Waals surface area contributed by atoms with Crippen molar-refractivity contribution in [3.05, 3.63) is 33.1 Å². The molecule has 0 saturated carbocycles. The van der Waals surface area contributed by atoms with Crippen LogP contribution in [-0.2, 0) is 16.1 Å². The lowest BCUT2D eigenvalue weighted by atomic mass is 9.99. The molecule has 1 amide bonds. The van der Waals surface area contributed by atoms with Crippen molar-refractivity contribution in [2.75, 3.05) is 39.4 Å². The molecule has 8 heteroatoms. The van der Waals surface area contributed by atoms with Crippen LogP contribution >= 0.6 is 0 Å². The predicted molar refractivity (Wildman–Crippen MR) is 92.6 cm³/mol. The highest BCUT2D eigenvalue weighted by molar-refractivity contribution is 5.76. The Morgan fingerprint density at radius 1 is 1.20 bits per heavy atom. The van der Waals surface area contributed by atoms with E-state index in [1.54, 1.807) is 0 Å². The number of aromatic nitrogens is 2. The number of carbonyl (C=O) groups excluding carboxylic acids is 1. The number of hydrogen-bond acceptors (Lipinski definition) is 5. The third-order valence-electron chi connectivity index (χ3n) is 5.03. The number of rotatable bonds is 5. The summed E-state index contributed by atoms with van der Waals surface area (Å²) in [7, 11) is 0. The number of piperidine rings is 1. The molecule has 1 unspecified atom stereocenters. The molecule has 2 saturated heterocycles. The van der Waals surface area contributed by atoms with Crippen molar-refractivity contribution in [2.24, 2.45) is 0 Å². The van der Waals surface area contributed by atoms with Gasteiger partial charge in [-0.2, -0.15) is 0 Å². The van der Waals surface area contributed by atoms with Crippen LogP contribution in [0.25, 0.3) is 0 Å². The first kappa shape index (κ1) is 17.9. The second-order valence-electron chi connectivity index (χ2n) is 6.72. The fourth-order valence-corrected chi connectivity index (χ4v) is 3.59. The molecule has 2 aliphatic rings. The number of nitrogens with one attached hydrogen (secondary N) is 1. The SMILES string of the molecule is O=C(Cn1ccc(=O)[nH]c1=O)N1CCCCC1CCN1CCOCC1. The van der Waals surface area contributed by atoms with Gasteiger partial charge in [-0.25, -0.2) is 4.79 Å². The number of ether oxygens (including phenoxy) is 1. The molecule has 0 aliphatic carbocycles. The number of morpholine rings is 1. The van der Waals surface area contributed by atoms with E-state index in [9.17, 15) is 14.4 Å². The molecule has 1 aromatic rings. The summed E-state index contributed by atoms with van der Waals surface area (Å²) in [5.74, 6) is -0.0548. The van der Waals surface area contributed by atoms with E-state index in [1.165, 1.54) is 16.8 Å². The van der Waals surface area contributed by atoms with Gasteiger partial charge >= 0.3 is 5.69 Å². The first-order valence-electron chi connectivity index (χ1n) is 9.03. The van der Waals surface area contributed by atoms with Crippen LogP contribution in [0.2, 0.25) is 0 Å². The van der Waals surface area contributed by atoms with Crippen molar-refractivity contribution >= 4 is 5.91 Å². The second kappa shape index (κ2) is 8.44. The van der Waals surface area contributed by atoms with E-state index in [4.69, 9.17) is 4.74 Å². The molecule has 0 spiro atoms. The van der Waals surface area contributed by atoms with Gasteiger partial charge in [0.1, 0.15) is 6.54 Å². The molecule has 2 aliphatic heterocycles. The highest BCUT2D eigenvalue weighted by Gasteiger charge is 2.27. The molecule has 0 bridgehead atoms. The van der Waals surface area contributed by atoms with Gasteiger partial charge in [-0.1, -0.05) is 0 Å². The van der Waals surface area contributed by atoms with Crippen LogP contribution in [0.5, 0.6) is 0 Å². The fourth-order valence-electron chi connectivity index (χ4n) is 3.59. The standard InChI is InChI=1S/C17H26N4O4/c22-15-5-8-20(17(24)18-15)13-16(23)21-6-2-1-3-14(21)4-7-19-9-11-25-12-10-19/h5,8,14H,1-4,6-7,9-13H2,(H,18,22,24). The molecule has 0 radical (unpaired) electrons. The molecule has 3 rings (SSSR count). The zero-order chi connectivity index (χ0) is 17.6. The van der Waals surface area contributed by atoms with Crippen molar-refractivity contribution in [3.8, 4) is 0 Å². The number of H-pyrrole nitrogens is 1. The minimum atomic E-state index is -0.539. The molecule has 25 heavy (non-hydrogen) atoms. The average molecular weight is 350 g/mol. The number of nitrogens with zero attached hydrogens (tertiary/aromatic N) is 3. The van der Waals surface area contributed by atoms with E-state index >= 15 is 0 Å². The Kier molecular flexibility index (Phi) is 6.04. The van der Waals surface area contributed by atoms with Crippen LogP contribution in [0.15, 0.2) is 21.9 Å². The second-order valence-corrected chi connectivity index (χ2v) is 6.72. The van der Waals surface area contributed by atoms with Gasteiger partial charge in [0, 0.05) is 44.5 Å². The first-order valence-corrected chi connectivity index (χ1v) is 9.03. The maximum atomic E-state index is 12.7.